The van der Waals surface area contributed by atoms with Crippen LogP contribution in [0.15, 0.2) is 24.3 Å². The molecule has 0 bridgehead atoms. The van der Waals surface area contributed by atoms with Crippen LogP contribution in [-0.4, -0.2) is 43.3 Å². The molecule has 0 aliphatic heterocycles. The van der Waals surface area contributed by atoms with Crippen molar-refractivity contribution in [1.29, 1.82) is 0 Å². The quantitative estimate of drug-likeness (QED) is 0.565. The van der Waals surface area contributed by atoms with Gasteiger partial charge in [0.1, 0.15) is 12.4 Å². The summed E-state index contributed by atoms with van der Waals surface area (Å²) in [6, 6.07) is 7.24. The number of carbonyl (C=O) groups excluding carboxylic acids is 1. The minimum absolute atomic E-state index is 0.161. The lowest BCUT2D eigenvalue weighted by Crippen LogP contribution is -2.20. The van der Waals surface area contributed by atoms with Crippen molar-refractivity contribution in [3.63, 3.8) is 0 Å². The van der Waals surface area contributed by atoms with E-state index in [1.165, 1.54) is 0 Å². The monoisotopic (exact) mass is 238 g/mol. The van der Waals surface area contributed by atoms with Crippen molar-refractivity contribution < 1.29 is 14.7 Å². The lowest BCUT2D eigenvalue weighted by Gasteiger charge is -2.11. The molecule has 0 spiro atoms. The van der Waals surface area contributed by atoms with Gasteiger partial charge in [-0.3, -0.25) is 10.0 Å². The van der Waals surface area contributed by atoms with Gasteiger partial charge in [0.05, 0.1) is 6.42 Å². The summed E-state index contributed by atoms with van der Waals surface area (Å²) in [5.41, 5.74) is 2.43. The van der Waals surface area contributed by atoms with Crippen LogP contribution in [0.3, 0.4) is 0 Å². The first-order chi connectivity index (χ1) is 8.11. The van der Waals surface area contributed by atoms with E-state index in [4.69, 9.17) is 9.94 Å². The van der Waals surface area contributed by atoms with Gasteiger partial charge in [-0.1, -0.05) is 12.1 Å². The number of hydrogen-bond donors (Lipinski definition) is 2. The number of ether oxygens (including phenoxy) is 1. The Bertz CT molecular complexity index is 349. The lowest BCUT2D eigenvalue weighted by atomic mass is 10.1. The van der Waals surface area contributed by atoms with Crippen LogP contribution in [0, 0.1) is 0 Å². The van der Waals surface area contributed by atoms with Crippen molar-refractivity contribution in [2.75, 3.05) is 27.2 Å². The van der Waals surface area contributed by atoms with Gasteiger partial charge in [-0.15, -0.1) is 0 Å². The lowest BCUT2D eigenvalue weighted by molar-refractivity contribution is -0.128. The zero-order chi connectivity index (χ0) is 12.7. The van der Waals surface area contributed by atoms with Gasteiger partial charge in [0, 0.05) is 6.54 Å². The second kappa shape index (κ2) is 6.88. The third-order valence-corrected chi connectivity index (χ3v) is 2.22. The first-order valence-corrected chi connectivity index (χ1v) is 5.41. The number of rotatable bonds is 6. The minimum Gasteiger partial charge on any atom is -0.492 e. The highest BCUT2D eigenvalue weighted by Crippen LogP contribution is 2.12. The van der Waals surface area contributed by atoms with Gasteiger partial charge in [0.15, 0.2) is 0 Å². The molecule has 1 aromatic carbocycles. The topological polar surface area (TPSA) is 61.8 Å². The Morgan fingerprint density at radius 2 is 2.00 bits per heavy atom. The molecule has 0 unspecified atom stereocenters. The number of hydroxylamine groups is 1. The fraction of sp³-hybridized carbons (Fsp3) is 0.417. The molecular formula is C12H18N2O3. The number of amides is 1. The molecule has 1 aromatic rings. The van der Waals surface area contributed by atoms with Crippen molar-refractivity contribution in [2.24, 2.45) is 0 Å². The van der Waals surface area contributed by atoms with E-state index >= 15 is 0 Å². The molecule has 1 rings (SSSR count). The maximum atomic E-state index is 10.9. The van der Waals surface area contributed by atoms with Crippen LogP contribution in [0.25, 0.3) is 0 Å². The molecule has 0 aliphatic carbocycles. The van der Waals surface area contributed by atoms with E-state index in [-0.39, 0.29) is 6.42 Å². The standard InChI is InChI=1S/C12H18N2O3/c1-14(2)7-8-17-11-5-3-10(4-6-11)9-12(15)13-16/h3-6,16H,7-9H2,1-2H3,(H,13,15). The number of likely N-dealkylation sites (N-methyl/N-ethyl adjacent to an activating group) is 1. The normalized spacial score (nSPS) is 10.4. The molecule has 0 aromatic heterocycles. The zero-order valence-electron chi connectivity index (χ0n) is 10.1. The molecule has 0 heterocycles. The van der Waals surface area contributed by atoms with Crippen molar-refractivity contribution in [3.05, 3.63) is 29.8 Å². The maximum absolute atomic E-state index is 10.9. The predicted octanol–water partition coefficient (Wildman–Crippen LogP) is 0.675. The summed E-state index contributed by atoms with van der Waals surface area (Å²) < 4.78 is 5.51. The van der Waals surface area contributed by atoms with E-state index in [0.717, 1.165) is 17.9 Å². The average Bonchev–Trinajstić information content (AvgIpc) is 2.31. The SMILES string of the molecule is CN(C)CCOc1ccc(CC(=O)NO)cc1. The Balaban J connectivity index is 2.42. The van der Waals surface area contributed by atoms with Crippen LogP contribution in [-0.2, 0) is 11.2 Å². The van der Waals surface area contributed by atoms with E-state index in [1.807, 2.05) is 31.1 Å². The molecular weight excluding hydrogens is 220 g/mol. The van der Waals surface area contributed by atoms with Gasteiger partial charge in [0.25, 0.3) is 0 Å². The fourth-order valence-electron chi connectivity index (χ4n) is 1.27. The molecule has 1 amide bonds. The Hall–Kier alpha value is -1.59. The fourth-order valence-corrected chi connectivity index (χ4v) is 1.27. The zero-order valence-corrected chi connectivity index (χ0v) is 10.1. The average molecular weight is 238 g/mol. The van der Waals surface area contributed by atoms with Crippen LogP contribution in [0.1, 0.15) is 5.56 Å². The third-order valence-electron chi connectivity index (χ3n) is 2.22. The minimum atomic E-state index is -0.425. The first kappa shape index (κ1) is 13.5. The van der Waals surface area contributed by atoms with E-state index in [9.17, 15) is 4.79 Å². The third kappa shape index (κ3) is 5.33. The number of nitrogens with zero attached hydrogens (tertiary/aromatic N) is 1. The highest BCUT2D eigenvalue weighted by Gasteiger charge is 2.02. The molecule has 0 atom stereocenters. The number of hydrogen-bond acceptors (Lipinski definition) is 4. The summed E-state index contributed by atoms with van der Waals surface area (Å²) in [6.45, 7) is 1.48. The van der Waals surface area contributed by atoms with E-state index in [1.54, 1.807) is 17.6 Å². The molecule has 5 heteroatoms. The summed E-state index contributed by atoms with van der Waals surface area (Å²) in [7, 11) is 3.97. The Kier molecular flexibility index (Phi) is 5.45. The Morgan fingerprint density at radius 3 is 2.53 bits per heavy atom. The van der Waals surface area contributed by atoms with Gasteiger partial charge in [-0.2, -0.15) is 0 Å². The predicted molar refractivity (Wildman–Crippen MR) is 64.1 cm³/mol. The van der Waals surface area contributed by atoms with Crippen molar-refractivity contribution in [1.82, 2.24) is 10.4 Å². The molecule has 0 saturated heterocycles. The van der Waals surface area contributed by atoms with Crippen molar-refractivity contribution in [2.45, 2.75) is 6.42 Å². The molecule has 0 saturated carbocycles. The molecule has 0 fully saturated rings. The van der Waals surface area contributed by atoms with Crippen LogP contribution >= 0.6 is 0 Å². The highest BCUT2D eigenvalue weighted by atomic mass is 16.5. The van der Waals surface area contributed by atoms with Gasteiger partial charge in [-0.25, -0.2) is 5.48 Å². The van der Waals surface area contributed by atoms with Gasteiger partial charge >= 0.3 is 0 Å². The highest BCUT2D eigenvalue weighted by molar-refractivity contribution is 5.77. The second-order valence-corrected chi connectivity index (χ2v) is 4.01. The molecule has 0 radical (unpaired) electrons. The number of benzene rings is 1. The molecule has 0 aliphatic rings. The van der Waals surface area contributed by atoms with E-state index < -0.39 is 5.91 Å². The maximum Gasteiger partial charge on any atom is 0.247 e. The number of carbonyl (C=O) groups is 1. The van der Waals surface area contributed by atoms with Gasteiger partial charge < -0.3 is 9.64 Å². The van der Waals surface area contributed by atoms with Crippen LogP contribution in [0.5, 0.6) is 5.75 Å². The Morgan fingerprint density at radius 1 is 1.35 bits per heavy atom. The van der Waals surface area contributed by atoms with Crippen LogP contribution in [0.2, 0.25) is 0 Å². The molecule has 17 heavy (non-hydrogen) atoms. The van der Waals surface area contributed by atoms with Gasteiger partial charge in [-0.05, 0) is 31.8 Å². The smallest absolute Gasteiger partial charge is 0.247 e. The van der Waals surface area contributed by atoms with E-state index in [0.29, 0.717) is 6.61 Å². The van der Waals surface area contributed by atoms with E-state index in [2.05, 4.69) is 0 Å². The summed E-state index contributed by atoms with van der Waals surface area (Å²) in [5.74, 6) is 0.353. The molecule has 94 valence electrons. The first-order valence-electron chi connectivity index (χ1n) is 5.41. The largest absolute Gasteiger partial charge is 0.492 e. The molecule has 2 N–H and O–H groups in total. The summed E-state index contributed by atoms with van der Waals surface area (Å²) >= 11 is 0. The Labute approximate surface area is 101 Å². The second-order valence-electron chi connectivity index (χ2n) is 4.01. The summed E-state index contributed by atoms with van der Waals surface area (Å²) in [5, 5.41) is 8.39. The van der Waals surface area contributed by atoms with Gasteiger partial charge in [0.2, 0.25) is 5.91 Å². The number of nitrogens with one attached hydrogen (secondary N) is 1. The van der Waals surface area contributed by atoms with Crippen molar-refractivity contribution >= 4 is 5.91 Å². The van der Waals surface area contributed by atoms with Crippen molar-refractivity contribution in [3.8, 4) is 5.75 Å². The van der Waals surface area contributed by atoms with Crippen LogP contribution in [0.4, 0.5) is 0 Å². The van der Waals surface area contributed by atoms with Crippen LogP contribution < -0.4 is 10.2 Å². The summed E-state index contributed by atoms with van der Waals surface area (Å²) in [4.78, 5) is 13.0. The summed E-state index contributed by atoms with van der Waals surface area (Å²) in [6.07, 6.45) is 0.161. The molecule has 5 nitrogen and oxygen atoms in total.